The van der Waals surface area contributed by atoms with E-state index in [1.807, 2.05) is 6.92 Å². The van der Waals surface area contributed by atoms with Crippen LogP contribution in [0.2, 0.25) is 0 Å². The summed E-state index contributed by atoms with van der Waals surface area (Å²) in [7, 11) is 0. The van der Waals surface area contributed by atoms with Gasteiger partial charge in [-0.05, 0) is 24.8 Å². The number of aromatic nitrogens is 2. The molecular formula is C12H22N4O2. The number of hydrogen-bond donors (Lipinski definition) is 2. The summed E-state index contributed by atoms with van der Waals surface area (Å²) in [6, 6.07) is 0.510. The molecule has 1 saturated heterocycles. The Kier molecular flexibility index (Phi) is 4.54. The Morgan fingerprint density at radius 2 is 2.06 bits per heavy atom. The quantitative estimate of drug-likeness (QED) is 0.799. The summed E-state index contributed by atoms with van der Waals surface area (Å²) >= 11 is 0. The lowest BCUT2D eigenvalue weighted by atomic mass is 9.82. The van der Waals surface area contributed by atoms with Gasteiger partial charge in [-0.1, -0.05) is 18.9 Å². The van der Waals surface area contributed by atoms with Crippen molar-refractivity contribution in [1.82, 2.24) is 15.5 Å². The van der Waals surface area contributed by atoms with Crippen molar-refractivity contribution < 1.29 is 9.15 Å². The number of anilines is 1. The van der Waals surface area contributed by atoms with Crippen molar-refractivity contribution in [2.45, 2.75) is 33.2 Å². The smallest absolute Gasteiger partial charge is 0.315 e. The van der Waals surface area contributed by atoms with Crippen LogP contribution < -0.4 is 10.6 Å². The molecule has 1 fully saturated rings. The lowest BCUT2D eigenvalue weighted by Crippen LogP contribution is -2.33. The van der Waals surface area contributed by atoms with Crippen LogP contribution in [0.1, 0.15) is 32.6 Å². The number of nitrogens with zero attached hydrogens (tertiary/aromatic N) is 2. The Morgan fingerprint density at radius 1 is 1.28 bits per heavy atom. The second kappa shape index (κ2) is 6.15. The minimum atomic E-state index is 0.258. The zero-order chi connectivity index (χ0) is 12.8. The molecule has 0 aliphatic carbocycles. The first-order valence-corrected chi connectivity index (χ1v) is 6.56. The predicted octanol–water partition coefficient (Wildman–Crippen LogP) is 1.41. The molecule has 0 radical (unpaired) electrons. The average molecular weight is 254 g/mol. The molecule has 2 rings (SSSR count). The van der Waals surface area contributed by atoms with E-state index in [1.165, 1.54) is 0 Å². The third kappa shape index (κ3) is 3.68. The Hall–Kier alpha value is -1.14. The monoisotopic (exact) mass is 254 g/mol. The van der Waals surface area contributed by atoms with E-state index in [2.05, 4.69) is 27.8 Å². The number of nitrogens with one attached hydrogen (secondary N) is 2. The maximum Gasteiger partial charge on any atom is 0.315 e. The van der Waals surface area contributed by atoms with Gasteiger partial charge >= 0.3 is 6.01 Å². The van der Waals surface area contributed by atoms with Crippen LogP contribution >= 0.6 is 0 Å². The van der Waals surface area contributed by atoms with E-state index in [0.29, 0.717) is 18.5 Å². The third-order valence-corrected chi connectivity index (χ3v) is 3.36. The average Bonchev–Trinajstić information content (AvgIpc) is 2.83. The van der Waals surface area contributed by atoms with Crippen molar-refractivity contribution in [1.29, 1.82) is 0 Å². The zero-order valence-electron chi connectivity index (χ0n) is 11.2. The van der Waals surface area contributed by atoms with Crippen LogP contribution in [0, 0.1) is 5.41 Å². The molecule has 0 atom stereocenters. The van der Waals surface area contributed by atoms with E-state index in [-0.39, 0.29) is 5.41 Å². The Labute approximate surface area is 107 Å². The molecule has 102 valence electrons. The Balaban J connectivity index is 1.80. The summed E-state index contributed by atoms with van der Waals surface area (Å²) in [6.07, 6.45) is 2.14. The summed E-state index contributed by atoms with van der Waals surface area (Å²) in [5, 5.41) is 14.3. The van der Waals surface area contributed by atoms with Crippen LogP contribution in [0.4, 0.5) is 6.01 Å². The SMILES string of the molecule is CCNCc1nnc(NCC2(C)CCOCC2)o1. The van der Waals surface area contributed by atoms with E-state index in [4.69, 9.17) is 9.15 Å². The minimum absolute atomic E-state index is 0.258. The lowest BCUT2D eigenvalue weighted by Gasteiger charge is -2.33. The highest BCUT2D eigenvalue weighted by Crippen LogP contribution is 2.29. The summed E-state index contributed by atoms with van der Waals surface area (Å²) in [6.45, 7) is 8.35. The minimum Gasteiger partial charge on any atom is -0.407 e. The molecule has 0 unspecified atom stereocenters. The first-order chi connectivity index (χ1) is 8.72. The number of rotatable bonds is 6. The topological polar surface area (TPSA) is 72.2 Å². The molecule has 0 amide bonds. The summed E-state index contributed by atoms with van der Waals surface area (Å²) in [4.78, 5) is 0. The molecule has 2 N–H and O–H groups in total. The van der Waals surface area contributed by atoms with Crippen LogP contribution in [-0.4, -0.2) is 36.5 Å². The molecule has 0 spiro atoms. The van der Waals surface area contributed by atoms with Gasteiger partial charge in [0.2, 0.25) is 5.89 Å². The maximum absolute atomic E-state index is 5.49. The van der Waals surface area contributed by atoms with E-state index in [9.17, 15) is 0 Å². The fourth-order valence-electron chi connectivity index (χ4n) is 1.96. The third-order valence-electron chi connectivity index (χ3n) is 3.36. The van der Waals surface area contributed by atoms with Crippen LogP contribution in [0.25, 0.3) is 0 Å². The van der Waals surface area contributed by atoms with Gasteiger partial charge in [0, 0.05) is 19.8 Å². The van der Waals surface area contributed by atoms with Crippen LogP contribution in [0.3, 0.4) is 0 Å². The molecule has 0 aromatic carbocycles. The van der Waals surface area contributed by atoms with Gasteiger partial charge in [0.05, 0.1) is 6.54 Å². The molecular weight excluding hydrogens is 232 g/mol. The molecule has 0 saturated carbocycles. The van der Waals surface area contributed by atoms with E-state index < -0.39 is 0 Å². The van der Waals surface area contributed by atoms with Gasteiger partial charge in [-0.15, -0.1) is 5.10 Å². The molecule has 1 aromatic heterocycles. The number of ether oxygens (including phenoxy) is 1. The second-order valence-electron chi connectivity index (χ2n) is 5.06. The molecule has 6 nitrogen and oxygen atoms in total. The first kappa shape index (κ1) is 13.3. The molecule has 1 aliphatic heterocycles. The van der Waals surface area contributed by atoms with E-state index in [0.717, 1.165) is 39.1 Å². The van der Waals surface area contributed by atoms with Gasteiger partial charge in [0.15, 0.2) is 0 Å². The van der Waals surface area contributed by atoms with Crippen molar-refractivity contribution in [3.8, 4) is 0 Å². The van der Waals surface area contributed by atoms with Gasteiger partial charge in [-0.25, -0.2) is 0 Å². The standard InChI is InChI=1S/C12H22N4O2/c1-3-13-8-10-15-16-11(18-10)14-9-12(2)4-6-17-7-5-12/h13H,3-9H2,1-2H3,(H,14,16). The van der Waals surface area contributed by atoms with Crippen LogP contribution in [0.15, 0.2) is 4.42 Å². The lowest BCUT2D eigenvalue weighted by molar-refractivity contribution is 0.0298. The van der Waals surface area contributed by atoms with Gasteiger partial charge in [-0.3, -0.25) is 0 Å². The summed E-state index contributed by atoms with van der Waals surface area (Å²) in [5.74, 6) is 0.622. The largest absolute Gasteiger partial charge is 0.407 e. The normalized spacial score (nSPS) is 18.8. The van der Waals surface area contributed by atoms with Crippen molar-refractivity contribution in [2.75, 3.05) is 31.6 Å². The second-order valence-corrected chi connectivity index (χ2v) is 5.06. The van der Waals surface area contributed by atoms with Gasteiger partial charge in [0.25, 0.3) is 0 Å². The fourth-order valence-corrected chi connectivity index (χ4v) is 1.96. The van der Waals surface area contributed by atoms with Crippen LogP contribution in [0.5, 0.6) is 0 Å². The molecule has 6 heteroatoms. The van der Waals surface area contributed by atoms with Gasteiger partial charge in [0.1, 0.15) is 0 Å². The molecule has 18 heavy (non-hydrogen) atoms. The summed E-state index contributed by atoms with van der Waals surface area (Å²) < 4.78 is 10.9. The van der Waals surface area contributed by atoms with E-state index in [1.54, 1.807) is 0 Å². The van der Waals surface area contributed by atoms with Crippen molar-refractivity contribution in [3.05, 3.63) is 5.89 Å². The molecule has 2 heterocycles. The predicted molar refractivity (Wildman–Crippen MR) is 68.3 cm³/mol. The Morgan fingerprint density at radius 3 is 2.78 bits per heavy atom. The van der Waals surface area contributed by atoms with E-state index >= 15 is 0 Å². The highest BCUT2D eigenvalue weighted by molar-refractivity contribution is 5.17. The zero-order valence-corrected chi connectivity index (χ0v) is 11.2. The Bertz CT molecular complexity index is 361. The number of hydrogen-bond acceptors (Lipinski definition) is 6. The van der Waals surface area contributed by atoms with Crippen molar-refractivity contribution in [2.24, 2.45) is 5.41 Å². The molecule has 0 bridgehead atoms. The highest BCUT2D eigenvalue weighted by atomic mass is 16.5. The fraction of sp³-hybridized carbons (Fsp3) is 0.833. The summed E-state index contributed by atoms with van der Waals surface area (Å²) in [5.41, 5.74) is 0.258. The van der Waals surface area contributed by atoms with Gasteiger partial charge < -0.3 is 19.8 Å². The van der Waals surface area contributed by atoms with Crippen LogP contribution in [-0.2, 0) is 11.3 Å². The molecule has 1 aromatic rings. The molecule has 1 aliphatic rings. The van der Waals surface area contributed by atoms with Crippen molar-refractivity contribution in [3.63, 3.8) is 0 Å². The highest BCUT2D eigenvalue weighted by Gasteiger charge is 2.27. The first-order valence-electron chi connectivity index (χ1n) is 6.56. The maximum atomic E-state index is 5.49. The van der Waals surface area contributed by atoms with Gasteiger partial charge in [-0.2, -0.15) is 0 Å². The van der Waals surface area contributed by atoms with Crippen molar-refractivity contribution >= 4 is 6.01 Å².